The first kappa shape index (κ1) is 10.9. The lowest BCUT2D eigenvalue weighted by molar-refractivity contribution is 0.328. The maximum atomic E-state index is 5.42. The van der Waals surface area contributed by atoms with Gasteiger partial charge in [0.2, 0.25) is 5.88 Å². The van der Waals surface area contributed by atoms with Crippen molar-refractivity contribution in [2.24, 2.45) is 0 Å². The fourth-order valence-corrected chi connectivity index (χ4v) is 1.82. The standard InChI is InChI=1S/C11H13N3OS/c1-2-15-11-10(4-3-5-13-11)14-7-9-6-12-8-16-9/h3-6,8,14H,2,7H2,1H3. The highest BCUT2D eigenvalue weighted by Gasteiger charge is 2.03. The molecule has 84 valence electrons. The van der Waals surface area contributed by atoms with Crippen LogP contribution in [0.15, 0.2) is 30.0 Å². The Morgan fingerprint density at radius 3 is 3.19 bits per heavy atom. The Bertz CT molecular complexity index is 431. The quantitative estimate of drug-likeness (QED) is 0.865. The Hall–Kier alpha value is -1.62. The Morgan fingerprint density at radius 2 is 2.44 bits per heavy atom. The molecule has 1 N–H and O–H groups in total. The highest BCUT2D eigenvalue weighted by molar-refractivity contribution is 7.09. The second kappa shape index (κ2) is 5.46. The van der Waals surface area contributed by atoms with Crippen molar-refractivity contribution in [1.82, 2.24) is 9.97 Å². The van der Waals surface area contributed by atoms with Crippen molar-refractivity contribution in [3.8, 4) is 5.88 Å². The summed E-state index contributed by atoms with van der Waals surface area (Å²) in [6, 6.07) is 3.84. The van der Waals surface area contributed by atoms with Crippen LogP contribution < -0.4 is 10.1 Å². The van der Waals surface area contributed by atoms with E-state index >= 15 is 0 Å². The summed E-state index contributed by atoms with van der Waals surface area (Å²) in [5.74, 6) is 0.648. The van der Waals surface area contributed by atoms with Gasteiger partial charge in [-0.1, -0.05) is 0 Å². The van der Waals surface area contributed by atoms with Crippen LogP contribution in [0.4, 0.5) is 5.69 Å². The third-order valence-electron chi connectivity index (χ3n) is 1.99. The van der Waals surface area contributed by atoms with E-state index in [0.717, 1.165) is 12.2 Å². The molecular formula is C11H13N3OS. The molecule has 2 aromatic rings. The molecule has 2 heterocycles. The van der Waals surface area contributed by atoms with E-state index in [1.807, 2.05) is 30.8 Å². The van der Waals surface area contributed by atoms with E-state index < -0.39 is 0 Å². The van der Waals surface area contributed by atoms with Gasteiger partial charge in [0.25, 0.3) is 0 Å². The molecule has 0 amide bonds. The minimum Gasteiger partial charge on any atom is -0.476 e. The number of rotatable bonds is 5. The molecule has 0 aromatic carbocycles. The number of pyridine rings is 1. The van der Waals surface area contributed by atoms with Crippen molar-refractivity contribution < 1.29 is 4.74 Å². The van der Waals surface area contributed by atoms with Gasteiger partial charge in [-0.05, 0) is 19.1 Å². The predicted molar refractivity (Wildman–Crippen MR) is 64.8 cm³/mol. The molecule has 0 unspecified atom stereocenters. The number of anilines is 1. The Morgan fingerprint density at radius 1 is 1.50 bits per heavy atom. The minimum absolute atomic E-state index is 0.617. The van der Waals surface area contributed by atoms with E-state index in [4.69, 9.17) is 4.74 Å². The van der Waals surface area contributed by atoms with Crippen LogP contribution in [-0.4, -0.2) is 16.6 Å². The van der Waals surface area contributed by atoms with Crippen LogP contribution in [0, 0.1) is 0 Å². The van der Waals surface area contributed by atoms with Crippen LogP contribution in [0.3, 0.4) is 0 Å². The van der Waals surface area contributed by atoms with E-state index in [2.05, 4.69) is 15.3 Å². The molecule has 0 radical (unpaired) electrons. The van der Waals surface area contributed by atoms with Gasteiger partial charge >= 0.3 is 0 Å². The lowest BCUT2D eigenvalue weighted by atomic mass is 10.4. The van der Waals surface area contributed by atoms with Gasteiger partial charge in [-0.25, -0.2) is 4.98 Å². The van der Waals surface area contributed by atoms with Gasteiger partial charge in [-0.3, -0.25) is 4.98 Å². The van der Waals surface area contributed by atoms with Crippen molar-refractivity contribution in [3.63, 3.8) is 0 Å². The third-order valence-corrected chi connectivity index (χ3v) is 2.77. The van der Waals surface area contributed by atoms with Gasteiger partial charge < -0.3 is 10.1 Å². The summed E-state index contributed by atoms with van der Waals surface area (Å²) >= 11 is 1.63. The zero-order chi connectivity index (χ0) is 11.2. The molecule has 0 fully saturated rings. The van der Waals surface area contributed by atoms with Gasteiger partial charge in [-0.15, -0.1) is 11.3 Å². The number of aromatic nitrogens is 2. The van der Waals surface area contributed by atoms with Crippen LogP contribution in [0.5, 0.6) is 5.88 Å². The molecule has 0 spiro atoms. The molecule has 0 aliphatic rings. The topological polar surface area (TPSA) is 47.0 Å². The fraction of sp³-hybridized carbons (Fsp3) is 0.273. The minimum atomic E-state index is 0.617. The van der Waals surface area contributed by atoms with E-state index in [1.165, 1.54) is 4.88 Å². The molecule has 0 aliphatic carbocycles. The number of nitrogens with one attached hydrogen (secondary N) is 1. The monoisotopic (exact) mass is 235 g/mol. The molecule has 0 saturated carbocycles. The molecule has 16 heavy (non-hydrogen) atoms. The van der Waals surface area contributed by atoms with Crippen molar-refractivity contribution in [2.45, 2.75) is 13.5 Å². The molecule has 0 saturated heterocycles. The first-order valence-electron chi connectivity index (χ1n) is 5.09. The highest BCUT2D eigenvalue weighted by Crippen LogP contribution is 2.21. The maximum Gasteiger partial charge on any atom is 0.237 e. The second-order valence-electron chi connectivity index (χ2n) is 3.11. The average Bonchev–Trinajstić information content (AvgIpc) is 2.81. The summed E-state index contributed by atoms with van der Waals surface area (Å²) in [6.45, 7) is 3.31. The molecule has 0 bridgehead atoms. The van der Waals surface area contributed by atoms with Gasteiger partial charge in [0, 0.05) is 17.3 Å². The normalized spacial score (nSPS) is 10.1. The summed E-state index contributed by atoms with van der Waals surface area (Å²) in [5, 5.41) is 3.28. The molecular weight excluding hydrogens is 222 g/mol. The lowest BCUT2D eigenvalue weighted by Gasteiger charge is -2.09. The van der Waals surface area contributed by atoms with Gasteiger partial charge in [0.05, 0.1) is 24.3 Å². The molecule has 2 aromatic heterocycles. The van der Waals surface area contributed by atoms with Crippen LogP contribution in [0.1, 0.15) is 11.8 Å². The summed E-state index contributed by atoms with van der Waals surface area (Å²) in [7, 11) is 0. The Balaban J connectivity index is 2.03. The Kier molecular flexibility index (Phi) is 3.71. The first-order valence-corrected chi connectivity index (χ1v) is 5.97. The summed E-state index contributed by atoms with van der Waals surface area (Å²) in [4.78, 5) is 9.38. The van der Waals surface area contributed by atoms with Crippen LogP contribution in [0.25, 0.3) is 0 Å². The van der Waals surface area contributed by atoms with Crippen LogP contribution in [0.2, 0.25) is 0 Å². The van der Waals surface area contributed by atoms with Crippen molar-refractivity contribution in [3.05, 3.63) is 34.9 Å². The van der Waals surface area contributed by atoms with Gasteiger partial charge in [0.15, 0.2) is 0 Å². The van der Waals surface area contributed by atoms with E-state index in [0.29, 0.717) is 12.5 Å². The SMILES string of the molecule is CCOc1ncccc1NCc1cncs1. The lowest BCUT2D eigenvalue weighted by Crippen LogP contribution is -2.02. The van der Waals surface area contributed by atoms with Crippen molar-refractivity contribution >= 4 is 17.0 Å². The van der Waals surface area contributed by atoms with E-state index in [9.17, 15) is 0 Å². The zero-order valence-electron chi connectivity index (χ0n) is 9.01. The third kappa shape index (κ3) is 2.70. The largest absolute Gasteiger partial charge is 0.476 e. The van der Waals surface area contributed by atoms with Gasteiger partial charge in [0.1, 0.15) is 0 Å². The molecule has 5 heteroatoms. The number of thiazole rings is 1. The summed E-state index contributed by atoms with van der Waals surface area (Å²) in [5.41, 5.74) is 2.74. The second-order valence-corrected chi connectivity index (χ2v) is 4.08. The first-order chi connectivity index (χ1) is 7.90. The maximum absolute atomic E-state index is 5.42. The summed E-state index contributed by atoms with van der Waals surface area (Å²) < 4.78 is 5.42. The van der Waals surface area contributed by atoms with Crippen molar-refractivity contribution in [1.29, 1.82) is 0 Å². The number of hydrogen-bond acceptors (Lipinski definition) is 5. The Labute approximate surface area is 98.3 Å². The highest BCUT2D eigenvalue weighted by atomic mass is 32.1. The number of hydrogen-bond donors (Lipinski definition) is 1. The summed E-state index contributed by atoms with van der Waals surface area (Å²) in [6.07, 6.45) is 3.58. The average molecular weight is 235 g/mol. The molecule has 4 nitrogen and oxygen atoms in total. The number of ether oxygens (including phenoxy) is 1. The van der Waals surface area contributed by atoms with Crippen molar-refractivity contribution in [2.75, 3.05) is 11.9 Å². The zero-order valence-corrected chi connectivity index (χ0v) is 9.83. The smallest absolute Gasteiger partial charge is 0.237 e. The van der Waals surface area contributed by atoms with Gasteiger partial charge in [-0.2, -0.15) is 0 Å². The predicted octanol–water partition coefficient (Wildman–Crippen LogP) is 2.55. The van der Waals surface area contributed by atoms with Crippen LogP contribution >= 0.6 is 11.3 Å². The molecule has 2 rings (SSSR count). The fourth-order valence-electron chi connectivity index (χ4n) is 1.29. The van der Waals surface area contributed by atoms with E-state index in [-0.39, 0.29) is 0 Å². The van der Waals surface area contributed by atoms with Crippen LogP contribution in [-0.2, 0) is 6.54 Å². The molecule has 0 aliphatic heterocycles. The van der Waals surface area contributed by atoms with E-state index in [1.54, 1.807) is 17.5 Å². The number of nitrogens with zero attached hydrogens (tertiary/aromatic N) is 2. The molecule has 0 atom stereocenters.